The minimum Gasteiger partial charge on any atom is -0.744 e. The van der Waals surface area contributed by atoms with Crippen LogP contribution in [-0.4, -0.2) is 84.2 Å². The van der Waals surface area contributed by atoms with Gasteiger partial charge in [-0.1, -0.05) is 18.2 Å². The van der Waals surface area contributed by atoms with Crippen LogP contribution in [0, 0.1) is 0 Å². The van der Waals surface area contributed by atoms with Crippen LogP contribution in [0.25, 0.3) is 6.08 Å². The number of nitrogens with one attached hydrogen (secondary N) is 4. The largest absolute Gasteiger partial charge is 1.00 e. The summed E-state index contributed by atoms with van der Waals surface area (Å²) in [6, 6.07) is 15.6. The maximum atomic E-state index is 14.0. The molecular weight excluding hydrogens is 976 g/mol. The molecule has 0 saturated carbocycles. The third-order valence-electron chi connectivity index (χ3n) is 7.75. The zero-order valence-electron chi connectivity index (χ0n) is 32.7. The Kier molecular flexibility index (Phi) is 20.3. The summed E-state index contributed by atoms with van der Waals surface area (Å²) in [5, 5.41) is 10.9. The van der Waals surface area contributed by atoms with E-state index in [1.165, 1.54) is 36.4 Å². The molecule has 0 bridgehead atoms. The van der Waals surface area contributed by atoms with E-state index in [0.717, 1.165) is 30.3 Å². The molecule has 22 nitrogen and oxygen atoms in total. The van der Waals surface area contributed by atoms with E-state index in [4.69, 9.17) is 11.6 Å². The first-order valence-corrected chi connectivity index (χ1v) is 21.7. The average Bonchev–Trinajstić information content (AvgIpc) is 3.13. The number of rotatable bonds is 12. The Balaban J connectivity index is 0.00000341. The van der Waals surface area contributed by atoms with Crippen LogP contribution in [-0.2, 0) is 40.5 Å². The SMILES string of the molecule is O=C(Nc1cc(S(=O)(=O)[O-])cc2c1C(=O)/C(=N/Nc1cc(Nc3nc(Cl)nc(Nc4ccc(S(=O)(=O)[O-])cc4)n3)ccc1S(=O)(=O)[O-])C(S(=O)(=O)[O-])=C2)c1ccccc1.[Na+].[Na+].[Na+].[Na+]. The molecule has 1 amide bonds. The van der Waals surface area contributed by atoms with Crippen molar-refractivity contribution in [2.75, 3.05) is 21.4 Å². The number of carbonyl (C=O) groups excluding carboxylic acids is 2. The molecule has 31 heteroatoms. The summed E-state index contributed by atoms with van der Waals surface area (Å²) in [5.74, 6) is -2.88. The van der Waals surface area contributed by atoms with Gasteiger partial charge in [-0.3, -0.25) is 15.0 Å². The van der Waals surface area contributed by atoms with Gasteiger partial charge in [0.1, 0.15) is 46.2 Å². The second-order valence-corrected chi connectivity index (χ2v) is 17.5. The first-order valence-electron chi connectivity index (χ1n) is 15.7. The Morgan fingerprint density at radius 1 is 0.619 bits per heavy atom. The van der Waals surface area contributed by atoms with Crippen LogP contribution in [0.4, 0.5) is 34.6 Å². The molecule has 6 rings (SSSR count). The van der Waals surface area contributed by atoms with Gasteiger partial charge >= 0.3 is 118 Å². The van der Waals surface area contributed by atoms with E-state index in [1.54, 1.807) is 6.07 Å². The fourth-order valence-corrected chi connectivity index (χ4v) is 7.64. The molecule has 63 heavy (non-hydrogen) atoms. The Hall–Kier alpha value is -2.23. The molecular formula is C32H19ClN8Na4O14S4. The van der Waals surface area contributed by atoms with Crippen molar-refractivity contribution in [2.45, 2.75) is 14.7 Å². The molecule has 4 N–H and O–H groups in total. The molecule has 0 unspecified atom stereocenters. The van der Waals surface area contributed by atoms with E-state index in [1.807, 2.05) is 0 Å². The second-order valence-electron chi connectivity index (χ2n) is 11.7. The molecule has 1 aliphatic carbocycles. The number of hydrogen-bond donors (Lipinski definition) is 4. The van der Waals surface area contributed by atoms with Crippen molar-refractivity contribution in [3.63, 3.8) is 0 Å². The van der Waals surface area contributed by atoms with Gasteiger partial charge in [-0.15, -0.1) is 0 Å². The number of Topliss-reactive ketones (excluding diaryl/α,β-unsaturated/α-hetero) is 1. The summed E-state index contributed by atoms with van der Waals surface area (Å²) in [4.78, 5) is 34.9. The molecule has 0 saturated heterocycles. The number of ketones is 1. The predicted octanol–water partition coefficient (Wildman–Crippen LogP) is -9.46. The fraction of sp³-hybridized carbons (Fsp3) is 0. The summed E-state index contributed by atoms with van der Waals surface area (Å²) >= 11 is 6.03. The molecule has 1 heterocycles. The van der Waals surface area contributed by atoms with Crippen molar-refractivity contribution < 1.29 is 180 Å². The third-order valence-corrected chi connectivity index (χ3v) is 11.3. The maximum absolute atomic E-state index is 14.0. The molecule has 0 atom stereocenters. The number of aromatic nitrogens is 3. The van der Waals surface area contributed by atoms with E-state index in [9.17, 15) is 61.5 Å². The van der Waals surface area contributed by atoms with Crippen molar-refractivity contribution in [3.8, 4) is 0 Å². The van der Waals surface area contributed by atoms with Gasteiger partial charge in [-0.25, -0.2) is 33.7 Å². The van der Waals surface area contributed by atoms with E-state index in [-0.39, 0.29) is 147 Å². The molecule has 5 aromatic rings. The van der Waals surface area contributed by atoms with Gasteiger partial charge in [-0.2, -0.15) is 20.1 Å². The van der Waals surface area contributed by atoms with E-state index < -0.39 is 105 Å². The Bertz CT molecular complexity index is 3120. The molecule has 1 aromatic heterocycles. The van der Waals surface area contributed by atoms with Crippen molar-refractivity contribution >= 4 is 110 Å². The molecule has 0 radical (unpaired) electrons. The summed E-state index contributed by atoms with van der Waals surface area (Å²) in [6.45, 7) is 0. The van der Waals surface area contributed by atoms with E-state index >= 15 is 0 Å². The fourth-order valence-electron chi connectivity index (χ4n) is 5.22. The van der Waals surface area contributed by atoms with Gasteiger partial charge in [-0.05, 0) is 90.0 Å². The summed E-state index contributed by atoms with van der Waals surface area (Å²) < 4.78 is 144. The number of anilines is 6. The van der Waals surface area contributed by atoms with Gasteiger partial charge < -0.3 is 34.2 Å². The molecule has 0 spiro atoms. The first-order chi connectivity index (χ1) is 27.5. The number of allylic oxidation sites excluding steroid dienone is 1. The Morgan fingerprint density at radius 3 is 1.71 bits per heavy atom. The van der Waals surface area contributed by atoms with Crippen molar-refractivity contribution in [3.05, 3.63) is 112 Å². The summed E-state index contributed by atoms with van der Waals surface area (Å²) in [5.41, 5.74) is -1.59. The standard InChI is InChI=1S/C32H23ClN8O14S4.4Na/c33-30-37-31(34-18-6-9-20(10-7-18)56(44,45)46)39-32(38-30)35-19-8-11-24(58(50,51)52)22(14-19)40-41-27-25(59(53,54)55)13-17-12-21(57(47,48)49)15-23(26(17)28(27)42)36-29(43)16-4-2-1-3-5-16;;;;/h1-15,40H,(H,36,43)(H,44,45,46)(H,47,48,49)(H,50,51,52)(H,53,54,55)(H2,34,35,37,38,39);;;;/q;4*+1/p-4/b41-27+;;;;. The second kappa shape index (κ2) is 22.5. The van der Waals surface area contributed by atoms with Crippen LogP contribution < -0.4 is 140 Å². The number of hydrazone groups is 1. The molecule has 0 fully saturated rings. The molecule has 4 aromatic carbocycles. The third kappa shape index (κ3) is 14.4. The van der Waals surface area contributed by atoms with Gasteiger partial charge in [0, 0.05) is 16.9 Å². The van der Waals surface area contributed by atoms with Crippen LogP contribution in [0.15, 0.2) is 110 Å². The number of nitrogens with zero attached hydrogens (tertiary/aromatic N) is 4. The monoisotopic (exact) mass is 994 g/mol. The zero-order valence-corrected chi connectivity index (χ0v) is 44.7. The van der Waals surface area contributed by atoms with Crippen molar-refractivity contribution in [1.29, 1.82) is 0 Å². The van der Waals surface area contributed by atoms with Gasteiger partial charge in [0.2, 0.25) is 23.0 Å². The van der Waals surface area contributed by atoms with Crippen LogP contribution in [0.3, 0.4) is 0 Å². The van der Waals surface area contributed by atoms with E-state index in [0.29, 0.717) is 18.2 Å². The van der Waals surface area contributed by atoms with Gasteiger partial charge in [0.05, 0.1) is 36.5 Å². The van der Waals surface area contributed by atoms with Crippen molar-refractivity contribution in [2.24, 2.45) is 5.10 Å². The quantitative estimate of drug-likeness (QED) is 0.0512. The maximum Gasteiger partial charge on any atom is 1.00 e. The van der Waals surface area contributed by atoms with Crippen molar-refractivity contribution in [1.82, 2.24) is 15.0 Å². The minimum absolute atomic E-state index is 0. The smallest absolute Gasteiger partial charge is 0.744 e. The number of benzene rings is 4. The number of halogens is 1. The average molecular weight is 995 g/mol. The van der Waals surface area contributed by atoms with E-state index in [2.05, 4.69) is 41.4 Å². The van der Waals surface area contributed by atoms with Crippen LogP contribution >= 0.6 is 11.6 Å². The normalized spacial score (nSPS) is 13.1. The number of carbonyl (C=O) groups is 2. The number of hydrogen-bond acceptors (Lipinski definition) is 21. The summed E-state index contributed by atoms with van der Waals surface area (Å²) in [7, 11) is -21.1. The first kappa shape index (κ1) is 56.9. The topological polar surface area (TPSA) is 362 Å². The van der Waals surface area contributed by atoms with Gasteiger partial charge in [0.25, 0.3) is 5.91 Å². The Labute approximate surface area is 451 Å². The minimum atomic E-state index is -5.68. The van der Waals surface area contributed by atoms with Gasteiger partial charge in [0.15, 0.2) is 0 Å². The van der Waals surface area contributed by atoms with Crippen LogP contribution in [0.2, 0.25) is 5.28 Å². The molecule has 0 aliphatic heterocycles. The predicted molar refractivity (Wildman–Crippen MR) is 202 cm³/mol. The molecule has 306 valence electrons. The molecule has 1 aliphatic rings. The number of amides is 1. The van der Waals surface area contributed by atoms with Crippen LogP contribution in [0.5, 0.6) is 0 Å². The van der Waals surface area contributed by atoms with Crippen LogP contribution in [0.1, 0.15) is 26.3 Å². The Morgan fingerprint density at radius 2 is 1.17 bits per heavy atom. The number of fused-ring (bicyclic) bond motifs is 1. The summed E-state index contributed by atoms with van der Waals surface area (Å²) in [6.07, 6.45) is 0.506. The zero-order chi connectivity index (χ0) is 43.1.